The third-order valence-electron chi connectivity index (χ3n) is 4.20. The summed E-state index contributed by atoms with van der Waals surface area (Å²) in [5, 5.41) is 4.01. The lowest BCUT2D eigenvalue weighted by Gasteiger charge is -2.25. The van der Waals surface area contributed by atoms with Crippen LogP contribution in [0.5, 0.6) is 11.5 Å². The average Bonchev–Trinajstić information content (AvgIpc) is 2.60. The fourth-order valence-electron chi connectivity index (χ4n) is 2.90. The first-order valence-corrected chi connectivity index (χ1v) is 8.63. The molecule has 0 spiro atoms. The van der Waals surface area contributed by atoms with Gasteiger partial charge in [0.15, 0.2) is 11.5 Å². The number of rotatable bonds is 6. The lowest BCUT2D eigenvalue weighted by Crippen LogP contribution is -2.30. The molecule has 1 aliphatic heterocycles. The van der Waals surface area contributed by atoms with Crippen molar-refractivity contribution < 1.29 is 13.9 Å². The minimum atomic E-state index is -0.222. The Hall–Kier alpha value is -1.82. The van der Waals surface area contributed by atoms with Crippen molar-refractivity contribution >= 4 is 11.6 Å². The molecule has 1 unspecified atom stereocenters. The Balaban J connectivity index is 1.64. The quantitative estimate of drug-likeness (QED) is 0.848. The van der Waals surface area contributed by atoms with Crippen LogP contribution in [0.4, 0.5) is 4.39 Å². The first-order valence-electron chi connectivity index (χ1n) is 8.25. The Labute approximate surface area is 152 Å². The van der Waals surface area contributed by atoms with E-state index < -0.39 is 0 Å². The Bertz CT molecular complexity index is 722. The summed E-state index contributed by atoms with van der Waals surface area (Å²) in [7, 11) is 4.02. The van der Waals surface area contributed by atoms with Gasteiger partial charge in [0.2, 0.25) is 0 Å². The highest BCUT2D eigenvalue weighted by molar-refractivity contribution is 6.32. The maximum Gasteiger partial charge on any atom is 0.179 e. The van der Waals surface area contributed by atoms with Crippen LogP contribution in [0.3, 0.4) is 0 Å². The van der Waals surface area contributed by atoms with Gasteiger partial charge in [-0.05, 0) is 49.5 Å². The van der Waals surface area contributed by atoms with Gasteiger partial charge >= 0.3 is 0 Å². The van der Waals surface area contributed by atoms with Crippen molar-refractivity contribution in [2.45, 2.75) is 12.6 Å². The predicted molar refractivity (Wildman–Crippen MR) is 97.0 cm³/mol. The molecule has 0 saturated carbocycles. The molecular formula is C19H22ClFN2O2. The highest BCUT2D eigenvalue weighted by Crippen LogP contribution is 2.38. The fourth-order valence-corrected chi connectivity index (χ4v) is 3.19. The monoisotopic (exact) mass is 364 g/mol. The second-order valence-corrected chi connectivity index (χ2v) is 6.67. The Morgan fingerprint density at radius 3 is 2.60 bits per heavy atom. The van der Waals surface area contributed by atoms with E-state index in [-0.39, 0.29) is 11.9 Å². The standard InChI is InChI=1S/C19H22ClFN2O2/c1-23(2)17(14-3-5-15(21)6-4-14)12-22-11-13-9-16(20)19-18(10-13)24-7-8-25-19/h3-6,9-10,17,22H,7-8,11-12H2,1-2H3. The van der Waals surface area contributed by atoms with E-state index in [4.69, 9.17) is 21.1 Å². The first-order chi connectivity index (χ1) is 12.0. The van der Waals surface area contributed by atoms with Crippen LogP contribution in [0, 0.1) is 5.82 Å². The molecule has 4 nitrogen and oxygen atoms in total. The Morgan fingerprint density at radius 2 is 1.88 bits per heavy atom. The molecule has 0 aromatic heterocycles. The molecule has 2 aromatic carbocycles. The van der Waals surface area contributed by atoms with Gasteiger partial charge in [-0.3, -0.25) is 0 Å². The molecule has 0 amide bonds. The molecule has 0 fully saturated rings. The van der Waals surface area contributed by atoms with Gasteiger partial charge in [0.25, 0.3) is 0 Å². The largest absolute Gasteiger partial charge is 0.486 e. The number of fused-ring (bicyclic) bond motifs is 1. The highest BCUT2D eigenvalue weighted by Gasteiger charge is 2.17. The normalized spacial score (nSPS) is 14.6. The van der Waals surface area contributed by atoms with E-state index >= 15 is 0 Å². The van der Waals surface area contributed by atoms with Crippen LogP contribution in [-0.2, 0) is 6.54 Å². The van der Waals surface area contributed by atoms with E-state index in [2.05, 4.69) is 10.2 Å². The molecule has 1 heterocycles. The van der Waals surface area contributed by atoms with Gasteiger partial charge in [0.05, 0.1) is 5.02 Å². The van der Waals surface area contributed by atoms with Crippen molar-refractivity contribution in [1.29, 1.82) is 0 Å². The summed E-state index contributed by atoms with van der Waals surface area (Å²) in [6.45, 7) is 2.44. The van der Waals surface area contributed by atoms with Crippen LogP contribution in [0.15, 0.2) is 36.4 Å². The lowest BCUT2D eigenvalue weighted by molar-refractivity contribution is 0.171. The molecule has 0 radical (unpaired) electrons. The van der Waals surface area contributed by atoms with Gasteiger partial charge in [0, 0.05) is 19.1 Å². The maximum atomic E-state index is 13.1. The van der Waals surface area contributed by atoms with Crippen LogP contribution in [0.2, 0.25) is 5.02 Å². The second kappa shape index (κ2) is 8.04. The van der Waals surface area contributed by atoms with Crippen molar-refractivity contribution in [2.75, 3.05) is 33.9 Å². The Morgan fingerprint density at radius 1 is 1.16 bits per heavy atom. The summed E-state index contributed by atoms with van der Waals surface area (Å²) in [6, 6.07) is 10.6. The minimum Gasteiger partial charge on any atom is -0.486 e. The van der Waals surface area contributed by atoms with Crippen LogP contribution < -0.4 is 14.8 Å². The van der Waals surface area contributed by atoms with Crippen molar-refractivity contribution in [2.24, 2.45) is 0 Å². The van der Waals surface area contributed by atoms with Crippen molar-refractivity contribution in [3.63, 3.8) is 0 Å². The zero-order valence-corrected chi connectivity index (χ0v) is 15.1. The third kappa shape index (κ3) is 4.42. The van der Waals surface area contributed by atoms with E-state index in [9.17, 15) is 4.39 Å². The van der Waals surface area contributed by atoms with E-state index in [1.54, 1.807) is 0 Å². The summed E-state index contributed by atoms with van der Waals surface area (Å²) in [5.41, 5.74) is 2.10. The molecule has 25 heavy (non-hydrogen) atoms. The molecule has 3 rings (SSSR count). The molecule has 1 atom stereocenters. The van der Waals surface area contributed by atoms with E-state index in [0.29, 0.717) is 36.3 Å². The number of halogens is 2. The highest BCUT2D eigenvalue weighted by atomic mass is 35.5. The minimum absolute atomic E-state index is 0.147. The van der Waals surface area contributed by atoms with Crippen molar-refractivity contribution in [3.05, 3.63) is 58.4 Å². The molecule has 2 aromatic rings. The number of nitrogens with one attached hydrogen (secondary N) is 1. The number of benzene rings is 2. The predicted octanol–water partition coefficient (Wildman–Crippen LogP) is 3.64. The molecule has 0 saturated heterocycles. The number of hydrogen-bond acceptors (Lipinski definition) is 4. The number of likely N-dealkylation sites (N-methyl/N-ethyl adjacent to an activating group) is 1. The van der Waals surface area contributed by atoms with Crippen molar-refractivity contribution in [1.82, 2.24) is 10.2 Å². The number of hydrogen-bond donors (Lipinski definition) is 1. The van der Waals surface area contributed by atoms with Gasteiger partial charge < -0.3 is 19.7 Å². The van der Waals surface area contributed by atoms with Gasteiger partial charge in [-0.2, -0.15) is 0 Å². The van der Waals surface area contributed by atoms with E-state index in [0.717, 1.165) is 17.7 Å². The van der Waals surface area contributed by atoms with Gasteiger partial charge in [-0.15, -0.1) is 0 Å². The van der Waals surface area contributed by atoms with Crippen molar-refractivity contribution in [3.8, 4) is 11.5 Å². The number of ether oxygens (including phenoxy) is 2. The maximum absolute atomic E-state index is 13.1. The molecular weight excluding hydrogens is 343 g/mol. The molecule has 0 aliphatic carbocycles. The van der Waals surface area contributed by atoms with E-state index in [1.165, 1.54) is 12.1 Å². The third-order valence-corrected chi connectivity index (χ3v) is 4.48. The zero-order chi connectivity index (χ0) is 17.8. The van der Waals surface area contributed by atoms with Gasteiger partial charge in [0.1, 0.15) is 19.0 Å². The molecule has 1 aliphatic rings. The SMILES string of the molecule is CN(C)C(CNCc1cc(Cl)c2c(c1)OCCO2)c1ccc(F)cc1. The number of nitrogens with zero attached hydrogens (tertiary/aromatic N) is 1. The van der Waals surface area contributed by atoms with Crippen LogP contribution >= 0.6 is 11.6 Å². The van der Waals surface area contributed by atoms with Gasteiger partial charge in [-0.1, -0.05) is 23.7 Å². The summed E-state index contributed by atoms with van der Waals surface area (Å²) < 4.78 is 24.3. The fraction of sp³-hybridized carbons (Fsp3) is 0.368. The van der Waals surface area contributed by atoms with E-state index in [1.807, 2.05) is 38.4 Å². The molecule has 1 N–H and O–H groups in total. The summed E-state index contributed by atoms with van der Waals surface area (Å²) in [4.78, 5) is 2.11. The topological polar surface area (TPSA) is 33.7 Å². The smallest absolute Gasteiger partial charge is 0.179 e. The Kier molecular flexibility index (Phi) is 5.78. The van der Waals surface area contributed by atoms with Crippen LogP contribution in [0.1, 0.15) is 17.2 Å². The first kappa shape index (κ1) is 18.0. The van der Waals surface area contributed by atoms with Gasteiger partial charge in [-0.25, -0.2) is 4.39 Å². The lowest BCUT2D eigenvalue weighted by atomic mass is 10.1. The summed E-state index contributed by atoms with van der Waals surface area (Å²) in [6.07, 6.45) is 0. The summed E-state index contributed by atoms with van der Waals surface area (Å²) >= 11 is 6.27. The summed E-state index contributed by atoms with van der Waals surface area (Å²) in [5.74, 6) is 1.09. The molecule has 6 heteroatoms. The molecule has 0 bridgehead atoms. The van der Waals surface area contributed by atoms with Crippen LogP contribution in [-0.4, -0.2) is 38.8 Å². The zero-order valence-electron chi connectivity index (χ0n) is 14.4. The average molecular weight is 365 g/mol. The van der Waals surface area contributed by atoms with Crippen LogP contribution in [0.25, 0.3) is 0 Å². The second-order valence-electron chi connectivity index (χ2n) is 6.26. The molecule has 134 valence electrons.